The van der Waals surface area contributed by atoms with Gasteiger partial charge in [0.2, 0.25) is 0 Å². The lowest BCUT2D eigenvalue weighted by Gasteiger charge is -2.23. The van der Waals surface area contributed by atoms with Crippen molar-refractivity contribution in [2.24, 2.45) is 4.99 Å². The number of H-pyrrole nitrogens is 1. The maximum absolute atomic E-state index is 4.77. The Hall–Kier alpha value is -1.42. The van der Waals surface area contributed by atoms with Crippen LogP contribution in [0.2, 0.25) is 0 Å². The van der Waals surface area contributed by atoms with E-state index in [0.717, 1.165) is 18.1 Å². The average molecular weight is 315 g/mol. The van der Waals surface area contributed by atoms with E-state index in [4.69, 9.17) is 4.99 Å². The minimum Gasteiger partial charge on any atom is -0.362 e. The van der Waals surface area contributed by atoms with E-state index in [1.54, 1.807) is 11.8 Å². The van der Waals surface area contributed by atoms with Gasteiger partial charge in [-0.15, -0.1) is 0 Å². The SMILES string of the molecule is CSC(=NCCc1c[nH]c2ccccc12)NC1CCCCC1. The van der Waals surface area contributed by atoms with Crippen LogP contribution < -0.4 is 5.32 Å². The second-order valence-electron chi connectivity index (χ2n) is 5.98. The number of aromatic nitrogens is 1. The van der Waals surface area contributed by atoms with E-state index in [1.165, 1.54) is 48.6 Å². The first kappa shape index (κ1) is 15.5. The number of aromatic amines is 1. The maximum Gasteiger partial charge on any atom is 0.156 e. The lowest BCUT2D eigenvalue weighted by Crippen LogP contribution is -2.34. The van der Waals surface area contributed by atoms with Crippen LogP contribution in [0.1, 0.15) is 37.7 Å². The zero-order chi connectivity index (χ0) is 15.2. The zero-order valence-corrected chi connectivity index (χ0v) is 14.1. The van der Waals surface area contributed by atoms with E-state index in [2.05, 4.69) is 47.0 Å². The van der Waals surface area contributed by atoms with Gasteiger partial charge in [-0.3, -0.25) is 4.99 Å². The van der Waals surface area contributed by atoms with E-state index in [1.807, 2.05) is 0 Å². The Kier molecular flexibility index (Phi) is 5.43. The number of amidine groups is 1. The van der Waals surface area contributed by atoms with Crippen molar-refractivity contribution in [2.75, 3.05) is 12.8 Å². The van der Waals surface area contributed by atoms with Crippen LogP contribution in [0.5, 0.6) is 0 Å². The molecule has 0 spiro atoms. The molecule has 0 aliphatic heterocycles. The number of rotatable bonds is 4. The third-order valence-electron chi connectivity index (χ3n) is 4.44. The van der Waals surface area contributed by atoms with Crippen LogP contribution in [0, 0.1) is 0 Å². The predicted octanol–water partition coefficient (Wildman–Crippen LogP) is 4.35. The molecule has 22 heavy (non-hydrogen) atoms. The van der Waals surface area contributed by atoms with Crippen molar-refractivity contribution in [1.29, 1.82) is 0 Å². The molecule has 0 amide bonds. The molecule has 2 N–H and O–H groups in total. The quantitative estimate of drug-likeness (QED) is 0.650. The van der Waals surface area contributed by atoms with Gasteiger partial charge in [0.1, 0.15) is 0 Å². The van der Waals surface area contributed by atoms with Crippen molar-refractivity contribution < 1.29 is 0 Å². The van der Waals surface area contributed by atoms with E-state index in [0.29, 0.717) is 6.04 Å². The first-order chi connectivity index (χ1) is 10.9. The summed E-state index contributed by atoms with van der Waals surface area (Å²) in [6.45, 7) is 0.845. The zero-order valence-electron chi connectivity index (χ0n) is 13.3. The van der Waals surface area contributed by atoms with Gasteiger partial charge in [-0.05, 0) is 37.1 Å². The molecule has 3 nitrogen and oxygen atoms in total. The van der Waals surface area contributed by atoms with Crippen LogP contribution in [0.3, 0.4) is 0 Å². The third-order valence-corrected chi connectivity index (χ3v) is 5.07. The Labute approximate surface area is 137 Å². The maximum atomic E-state index is 4.77. The molecule has 0 saturated heterocycles. The third kappa shape index (κ3) is 3.86. The largest absolute Gasteiger partial charge is 0.362 e. The number of hydrogen-bond acceptors (Lipinski definition) is 2. The Morgan fingerprint density at radius 2 is 2.09 bits per heavy atom. The van der Waals surface area contributed by atoms with E-state index in [9.17, 15) is 0 Å². The van der Waals surface area contributed by atoms with Crippen LogP contribution in [0.15, 0.2) is 35.5 Å². The first-order valence-electron chi connectivity index (χ1n) is 8.27. The number of para-hydroxylation sites is 1. The summed E-state index contributed by atoms with van der Waals surface area (Å²) >= 11 is 1.74. The normalized spacial score (nSPS) is 17.0. The van der Waals surface area contributed by atoms with Crippen LogP contribution in [-0.4, -0.2) is 29.0 Å². The Morgan fingerprint density at radius 3 is 2.91 bits per heavy atom. The number of nitrogens with zero attached hydrogens (tertiary/aromatic N) is 1. The summed E-state index contributed by atoms with van der Waals surface area (Å²) in [5.74, 6) is 0. The summed E-state index contributed by atoms with van der Waals surface area (Å²) in [6.07, 6.45) is 11.9. The Balaban J connectivity index is 1.57. The monoisotopic (exact) mass is 315 g/mol. The number of fused-ring (bicyclic) bond motifs is 1. The fourth-order valence-corrected chi connectivity index (χ4v) is 3.71. The smallest absolute Gasteiger partial charge is 0.156 e. The van der Waals surface area contributed by atoms with Gasteiger partial charge in [0, 0.05) is 29.7 Å². The highest BCUT2D eigenvalue weighted by molar-refractivity contribution is 8.13. The molecule has 1 heterocycles. The standard InChI is InChI=1S/C18H25N3S/c1-22-18(21-15-7-3-2-4-8-15)19-12-11-14-13-20-17-10-6-5-9-16(14)17/h5-6,9-10,13,15,20H,2-4,7-8,11-12H2,1H3,(H,19,21). The first-order valence-corrected chi connectivity index (χ1v) is 9.49. The summed E-state index contributed by atoms with van der Waals surface area (Å²) in [5.41, 5.74) is 2.57. The molecule has 0 atom stereocenters. The molecule has 1 fully saturated rings. The molecule has 1 saturated carbocycles. The fraction of sp³-hybridized carbons (Fsp3) is 0.500. The average Bonchev–Trinajstić information content (AvgIpc) is 2.98. The van der Waals surface area contributed by atoms with Crippen LogP contribution >= 0.6 is 11.8 Å². The Bertz CT molecular complexity index is 626. The fourth-order valence-electron chi connectivity index (χ4n) is 3.21. The van der Waals surface area contributed by atoms with E-state index in [-0.39, 0.29) is 0 Å². The van der Waals surface area contributed by atoms with Crippen LogP contribution in [0.25, 0.3) is 10.9 Å². The molecule has 1 aliphatic rings. The summed E-state index contributed by atoms with van der Waals surface area (Å²) in [6, 6.07) is 9.11. The van der Waals surface area contributed by atoms with Gasteiger partial charge in [0.05, 0.1) is 0 Å². The molecule has 1 aromatic heterocycles. The molecule has 1 aromatic carbocycles. The van der Waals surface area contributed by atoms with Gasteiger partial charge in [0.25, 0.3) is 0 Å². The molecule has 3 rings (SSSR count). The van der Waals surface area contributed by atoms with Crippen LogP contribution in [0.4, 0.5) is 0 Å². The van der Waals surface area contributed by atoms with E-state index >= 15 is 0 Å². The highest BCUT2D eigenvalue weighted by Gasteiger charge is 2.14. The molecule has 0 unspecified atom stereocenters. The number of thioether (sulfide) groups is 1. The second kappa shape index (κ2) is 7.73. The topological polar surface area (TPSA) is 40.2 Å². The Morgan fingerprint density at radius 1 is 1.27 bits per heavy atom. The number of hydrogen-bond donors (Lipinski definition) is 2. The van der Waals surface area contributed by atoms with Crippen LogP contribution in [-0.2, 0) is 6.42 Å². The number of benzene rings is 1. The van der Waals surface area contributed by atoms with Crippen molar-refractivity contribution in [3.05, 3.63) is 36.0 Å². The van der Waals surface area contributed by atoms with Gasteiger partial charge in [-0.25, -0.2) is 0 Å². The molecule has 0 bridgehead atoms. The highest BCUT2D eigenvalue weighted by Crippen LogP contribution is 2.19. The molecular formula is C18H25N3S. The summed E-state index contributed by atoms with van der Waals surface area (Å²) in [5, 5.41) is 6.05. The van der Waals surface area contributed by atoms with Gasteiger partial charge in [-0.2, -0.15) is 0 Å². The molecular weight excluding hydrogens is 290 g/mol. The number of nitrogens with one attached hydrogen (secondary N) is 2. The molecule has 1 aliphatic carbocycles. The minimum absolute atomic E-state index is 0.632. The van der Waals surface area contributed by atoms with Crippen molar-refractivity contribution in [3.63, 3.8) is 0 Å². The van der Waals surface area contributed by atoms with Crippen molar-refractivity contribution in [1.82, 2.24) is 10.3 Å². The number of aliphatic imine (C=N–C) groups is 1. The van der Waals surface area contributed by atoms with Gasteiger partial charge < -0.3 is 10.3 Å². The van der Waals surface area contributed by atoms with Crippen molar-refractivity contribution in [2.45, 2.75) is 44.6 Å². The van der Waals surface area contributed by atoms with Gasteiger partial charge in [0.15, 0.2) is 5.17 Å². The van der Waals surface area contributed by atoms with Gasteiger partial charge in [-0.1, -0.05) is 49.2 Å². The molecule has 118 valence electrons. The summed E-state index contributed by atoms with van der Waals surface area (Å²) < 4.78 is 0. The van der Waals surface area contributed by atoms with E-state index < -0.39 is 0 Å². The lowest BCUT2D eigenvalue weighted by atomic mass is 9.96. The summed E-state index contributed by atoms with van der Waals surface area (Å²) in [4.78, 5) is 8.11. The highest BCUT2D eigenvalue weighted by atomic mass is 32.2. The van der Waals surface area contributed by atoms with Crippen molar-refractivity contribution in [3.8, 4) is 0 Å². The molecule has 0 radical (unpaired) electrons. The van der Waals surface area contributed by atoms with Crippen molar-refractivity contribution >= 4 is 27.8 Å². The van der Waals surface area contributed by atoms with Gasteiger partial charge >= 0.3 is 0 Å². The molecule has 2 aromatic rings. The second-order valence-corrected chi connectivity index (χ2v) is 6.77. The lowest BCUT2D eigenvalue weighted by molar-refractivity contribution is 0.415. The minimum atomic E-state index is 0.632. The molecule has 4 heteroatoms. The predicted molar refractivity (Wildman–Crippen MR) is 97.8 cm³/mol. The summed E-state index contributed by atoms with van der Waals surface area (Å²) in [7, 11) is 0.